The predicted molar refractivity (Wildman–Crippen MR) is 103 cm³/mol. The predicted octanol–water partition coefficient (Wildman–Crippen LogP) is 3.76. The van der Waals surface area contributed by atoms with Gasteiger partial charge >= 0.3 is 0 Å². The van der Waals surface area contributed by atoms with Gasteiger partial charge in [0, 0.05) is 28.5 Å². The fourth-order valence-electron chi connectivity index (χ4n) is 4.09. The topological polar surface area (TPSA) is 68.2 Å². The summed E-state index contributed by atoms with van der Waals surface area (Å²) in [5.74, 6) is -0.319. The molecule has 1 amide bonds. The van der Waals surface area contributed by atoms with Gasteiger partial charge in [-0.3, -0.25) is 4.79 Å². The molecule has 1 N–H and O–H groups in total. The van der Waals surface area contributed by atoms with E-state index in [0.29, 0.717) is 17.1 Å². The molecule has 27 heavy (non-hydrogen) atoms. The number of hydrogen-bond donors (Lipinski definition) is 1. The molecule has 1 fully saturated rings. The Bertz CT molecular complexity index is 1190. The Hall–Kier alpha value is -2.57. The normalized spacial score (nSPS) is 23.3. The third kappa shape index (κ3) is 2.23. The Morgan fingerprint density at radius 1 is 1.07 bits per heavy atom. The number of anilines is 1. The molecule has 7 heteroatoms. The Morgan fingerprint density at radius 3 is 2.63 bits per heavy atom. The zero-order valence-electron chi connectivity index (χ0n) is 14.1. The van der Waals surface area contributed by atoms with Crippen molar-refractivity contribution >= 4 is 33.2 Å². The third-order valence-corrected chi connectivity index (χ3v) is 7.43. The number of carbonyl (C=O) groups excluding carboxylic acids is 1. The average molecular weight is 399 g/mol. The summed E-state index contributed by atoms with van der Waals surface area (Å²) < 4.78 is 27.4. The second-order valence-electron chi connectivity index (χ2n) is 6.92. The molecule has 1 spiro atoms. The number of nitrogens with zero attached hydrogens (tertiary/aromatic N) is 1. The van der Waals surface area contributed by atoms with Crippen LogP contribution in [0.5, 0.6) is 0 Å². The van der Waals surface area contributed by atoms with Gasteiger partial charge in [0.2, 0.25) is 5.91 Å². The minimum atomic E-state index is -3.72. The van der Waals surface area contributed by atoms with Crippen LogP contribution >= 0.6 is 11.6 Å². The Kier molecular flexibility index (Phi) is 3.36. The van der Waals surface area contributed by atoms with Gasteiger partial charge in [0.25, 0.3) is 10.0 Å². The lowest BCUT2D eigenvalue weighted by Crippen LogP contribution is -2.22. The standard InChI is InChI=1S/C20H15ClN2O3S/c21-13-8-9-17-15(11-13)20(19(24)22-17)12-16(20)18-7-4-10-23(18)27(25,26)14-5-2-1-3-6-14/h1-11,16H,12H2,(H,22,24)/t16-,20-/m1/s1. The minimum Gasteiger partial charge on any atom is -0.325 e. The van der Waals surface area contributed by atoms with Crippen molar-refractivity contribution in [2.24, 2.45) is 0 Å². The number of nitrogens with one attached hydrogen (secondary N) is 1. The molecule has 2 aliphatic rings. The quantitative estimate of drug-likeness (QED) is 0.730. The number of hydrogen-bond acceptors (Lipinski definition) is 3. The summed E-state index contributed by atoms with van der Waals surface area (Å²) in [6.07, 6.45) is 2.09. The maximum atomic E-state index is 13.1. The minimum absolute atomic E-state index is 0.102. The van der Waals surface area contributed by atoms with E-state index >= 15 is 0 Å². The SMILES string of the molecule is O=C1Nc2ccc(Cl)cc2[C@@]12C[C@@H]2c1cccn1S(=O)(=O)c1ccccc1. The lowest BCUT2D eigenvalue weighted by atomic mass is 9.94. The molecule has 1 aliphatic heterocycles. The zero-order chi connectivity index (χ0) is 18.8. The highest BCUT2D eigenvalue weighted by Crippen LogP contribution is 2.65. The monoisotopic (exact) mass is 398 g/mol. The summed E-state index contributed by atoms with van der Waals surface area (Å²) in [7, 11) is -3.72. The second kappa shape index (κ2) is 5.47. The highest BCUT2D eigenvalue weighted by molar-refractivity contribution is 7.90. The molecule has 5 rings (SSSR count). The molecule has 0 radical (unpaired) electrons. The Morgan fingerprint density at radius 2 is 1.85 bits per heavy atom. The van der Waals surface area contributed by atoms with Crippen LogP contribution in [0, 0.1) is 0 Å². The molecule has 5 nitrogen and oxygen atoms in total. The van der Waals surface area contributed by atoms with Gasteiger partial charge < -0.3 is 5.32 Å². The highest BCUT2D eigenvalue weighted by Gasteiger charge is 2.66. The van der Waals surface area contributed by atoms with Crippen molar-refractivity contribution in [2.45, 2.75) is 22.6 Å². The molecule has 136 valence electrons. The first kappa shape index (κ1) is 16.6. The zero-order valence-corrected chi connectivity index (χ0v) is 15.7. The first-order chi connectivity index (χ1) is 12.9. The molecule has 2 heterocycles. The molecular formula is C20H15ClN2O3S. The summed E-state index contributed by atoms with van der Waals surface area (Å²) >= 11 is 6.14. The molecule has 2 atom stereocenters. The van der Waals surface area contributed by atoms with Crippen molar-refractivity contribution in [3.8, 4) is 0 Å². The molecular weight excluding hydrogens is 384 g/mol. The first-order valence-electron chi connectivity index (χ1n) is 8.54. The maximum absolute atomic E-state index is 13.1. The van der Waals surface area contributed by atoms with E-state index in [1.54, 1.807) is 60.7 Å². The van der Waals surface area contributed by atoms with Crippen LogP contribution < -0.4 is 5.32 Å². The van der Waals surface area contributed by atoms with Crippen LogP contribution in [0.1, 0.15) is 23.6 Å². The van der Waals surface area contributed by atoms with E-state index < -0.39 is 15.4 Å². The summed E-state index contributed by atoms with van der Waals surface area (Å²) in [4.78, 5) is 13.0. The van der Waals surface area contributed by atoms with Gasteiger partial charge in [-0.25, -0.2) is 12.4 Å². The number of rotatable bonds is 3. The van der Waals surface area contributed by atoms with Crippen LogP contribution in [0.4, 0.5) is 5.69 Å². The van der Waals surface area contributed by atoms with Crippen LogP contribution in [-0.4, -0.2) is 18.3 Å². The van der Waals surface area contributed by atoms with E-state index in [-0.39, 0.29) is 16.7 Å². The fourth-order valence-corrected chi connectivity index (χ4v) is 5.69. The number of amides is 1. The van der Waals surface area contributed by atoms with E-state index in [1.807, 2.05) is 0 Å². The summed E-state index contributed by atoms with van der Waals surface area (Å²) in [6.45, 7) is 0. The van der Waals surface area contributed by atoms with Crippen molar-refractivity contribution in [3.63, 3.8) is 0 Å². The first-order valence-corrected chi connectivity index (χ1v) is 10.4. The van der Waals surface area contributed by atoms with Gasteiger partial charge in [-0.15, -0.1) is 0 Å². The largest absolute Gasteiger partial charge is 0.325 e. The van der Waals surface area contributed by atoms with E-state index in [9.17, 15) is 13.2 Å². The van der Waals surface area contributed by atoms with Gasteiger partial charge in [0.1, 0.15) is 0 Å². The lowest BCUT2D eigenvalue weighted by Gasteiger charge is -2.13. The number of aromatic nitrogens is 1. The van der Waals surface area contributed by atoms with Crippen LogP contribution in [-0.2, 0) is 20.2 Å². The van der Waals surface area contributed by atoms with E-state index in [2.05, 4.69) is 5.32 Å². The van der Waals surface area contributed by atoms with Crippen LogP contribution in [0.3, 0.4) is 0 Å². The van der Waals surface area contributed by atoms with Gasteiger partial charge in [-0.05, 0) is 54.4 Å². The van der Waals surface area contributed by atoms with Crippen molar-refractivity contribution in [1.82, 2.24) is 3.97 Å². The molecule has 0 unspecified atom stereocenters. The molecule has 1 aromatic heterocycles. The molecule has 0 bridgehead atoms. The molecule has 3 aromatic rings. The summed E-state index contributed by atoms with van der Waals surface area (Å²) in [5.41, 5.74) is 1.45. The van der Waals surface area contributed by atoms with Crippen molar-refractivity contribution in [2.75, 3.05) is 5.32 Å². The van der Waals surface area contributed by atoms with Crippen LogP contribution in [0.2, 0.25) is 5.02 Å². The lowest BCUT2D eigenvalue weighted by molar-refractivity contribution is -0.118. The second-order valence-corrected chi connectivity index (χ2v) is 9.17. The number of carbonyl (C=O) groups is 1. The summed E-state index contributed by atoms with van der Waals surface area (Å²) in [6, 6.07) is 17.1. The highest BCUT2D eigenvalue weighted by atomic mass is 35.5. The average Bonchev–Trinajstić information content (AvgIpc) is 3.10. The third-order valence-electron chi connectivity index (χ3n) is 5.48. The Labute approximate surface area is 161 Å². The van der Waals surface area contributed by atoms with E-state index in [1.165, 1.54) is 10.2 Å². The Balaban J connectivity index is 1.60. The fraction of sp³-hybridized carbons (Fsp3) is 0.150. The van der Waals surface area contributed by atoms with Gasteiger partial charge in [0.15, 0.2) is 0 Å². The van der Waals surface area contributed by atoms with Crippen molar-refractivity contribution in [1.29, 1.82) is 0 Å². The van der Waals surface area contributed by atoms with Crippen molar-refractivity contribution in [3.05, 3.63) is 83.1 Å². The summed E-state index contributed by atoms with van der Waals surface area (Å²) in [5, 5.41) is 3.46. The van der Waals surface area contributed by atoms with E-state index in [4.69, 9.17) is 11.6 Å². The van der Waals surface area contributed by atoms with E-state index in [0.717, 1.165) is 11.3 Å². The number of fused-ring (bicyclic) bond motifs is 2. The van der Waals surface area contributed by atoms with Crippen molar-refractivity contribution < 1.29 is 13.2 Å². The molecule has 2 aromatic carbocycles. The maximum Gasteiger partial charge on any atom is 0.267 e. The van der Waals surface area contributed by atoms with Crippen LogP contribution in [0.25, 0.3) is 0 Å². The van der Waals surface area contributed by atoms with Gasteiger partial charge in [-0.1, -0.05) is 29.8 Å². The van der Waals surface area contributed by atoms with Gasteiger partial charge in [0.05, 0.1) is 10.3 Å². The van der Waals surface area contributed by atoms with Crippen LogP contribution in [0.15, 0.2) is 71.8 Å². The molecule has 1 aliphatic carbocycles. The number of benzene rings is 2. The smallest absolute Gasteiger partial charge is 0.267 e. The van der Waals surface area contributed by atoms with Gasteiger partial charge in [-0.2, -0.15) is 0 Å². The number of halogens is 1. The molecule has 0 saturated heterocycles. The molecule has 1 saturated carbocycles.